The van der Waals surface area contributed by atoms with Crippen molar-refractivity contribution in [2.75, 3.05) is 12.4 Å². The Hall–Kier alpha value is -2.76. The Morgan fingerprint density at radius 1 is 1.53 bits per heavy atom. The van der Waals surface area contributed by atoms with Crippen LogP contribution in [-0.4, -0.2) is 56.5 Å². The number of anilines is 1. The number of carbonyl (C=O) groups is 1. The smallest absolute Gasteiger partial charge is 0.199 e. The van der Waals surface area contributed by atoms with E-state index in [-0.39, 0.29) is 17.2 Å². The minimum absolute atomic E-state index is 0.232. The van der Waals surface area contributed by atoms with Crippen LogP contribution in [0.5, 0.6) is 0 Å². The molecule has 0 spiro atoms. The van der Waals surface area contributed by atoms with Crippen LogP contribution >= 0.6 is 0 Å². The molecule has 7 nitrogen and oxygen atoms in total. The number of ether oxygens (including phenoxy) is 1. The van der Waals surface area contributed by atoms with E-state index in [0.29, 0.717) is 18.5 Å². The number of carbonyl (C=O) groups excluding carboxylic acids is 1. The lowest BCUT2D eigenvalue weighted by Gasteiger charge is -2.18. The molecule has 1 aliphatic rings. The summed E-state index contributed by atoms with van der Waals surface area (Å²) >= 11 is 0. The number of rotatable bonds is 6. The summed E-state index contributed by atoms with van der Waals surface area (Å²) in [5, 5.41) is 12.8. The molecule has 1 radical (unpaired) electrons. The third kappa shape index (κ3) is 4.86. The van der Waals surface area contributed by atoms with Crippen LogP contribution in [0.15, 0.2) is 31.0 Å². The number of alkyl halides is 1. The number of hydrogen-bond donors (Lipinski definition) is 2. The average Bonchev–Trinajstić information content (AvgIpc) is 3.29. The fourth-order valence-electron chi connectivity index (χ4n) is 3.24. The summed E-state index contributed by atoms with van der Waals surface area (Å²) in [6.07, 6.45) is 3.86. The minimum Gasteiger partial charge on any atom is -0.390 e. The number of methoxy groups -OCH3 is 1. The molecule has 1 saturated carbocycles. The van der Waals surface area contributed by atoms with Gasteiger partial charge in [-0.1, -0.05) is 11.8 Å². The van der Waals surface area contributed by atoms with E-state index >= 15 is 0 Å². The molecule has 0 bridgehead atoms. The zero-order chi connectivity index (χ0) is 21.9. The molecule has 1 aliphatic carbocycles. The molecule has 3 rings (SSSR count). The first-order valence-corrected chi connectivity index (χ1v) is 9.69. The minimum atomic E-state index is -1.48. The van der Waals surface area contributed by atoms with Crippen molar-refractivity contribution in [2.24, 2.45) is 5.92 Å². The Morgan fingerprint density at radius 3 is 2.97 bits per heavy atom. The summed E-state index contributed by atoms with van der Waals surface area (Å²) in [4.78, 5) is 21.0. The zero-order valence-electron chi connectivity index (χ0n) is 17.3. The topological polar surface area (TPSA) is 89.3 Å². The van der Waals surface area contributed by atoms with Gasteiger partial charge in [0, 0.05) is 31.3 Å². The van der Waals surface area contributed by atoms with Gasteiger partial charge >= 0.3 is 0 Å². The van der Waals surface area contributed by atoms with Crippen LogP contribution in [-0.2, 0) is 11.3 Å². The Bertz CT molecular complexity index is 963. The largest absolute Gasteiger partial charge is 0.390 e. The van der Waals surface area contributed by atoms with Crippen LogP contribution < -0.4 is 5.32 Å². The first kappa shape index (κ1) is 21.9. The molecule has 0 aliphatic heterocycles. The van der Waals surface area contributed by atoms with Crippen LogP contribution in [0.1, 0.15) is 36.2 Å². The summed E-state index contributed by atoms with van der Waals surface area (Å²) in [5.74, 6) is 5.57. The van der Waals surface area contributed by atoms with E-state index in [4.69, 9.17) is 4.74 Å². The SMILES string of the molecule is [CH2][C@@H]1C[C@@H](Nc2ncncc2C(=O)c2ccn(CC#CC(C)(C)OC)c2)[C@@H](F)[C@@H]1O. The molecule has 2 heterocycles. The molecular weight excluding hydrogens is 387 g/mol. The zero-order valence-corrected chi connectivity index (χ0v) is 17.3. The highest BCUT2D eigenvalue weighted by molar-refractivity contribution is 6.11. The molecule has 159 valence electrons. The molecule has 2 aromatic heterocycles. The number of aliphatic hydroxyl groups excluding tert-OH is 1. The highest BCUT2D eigenvalue weighted by Gasteiger charge is 2.41. The number of halogens is 1. The van der Waals surface area contributed by atoms with E-state index in [1.165, 1.54) is 12.5 Å². The van der Waals surface area contributed by atoms with Crippen molar-refractivity contribution in [3.63, 3.8) is 0 Å². The summed E-state index contributed by atoms with van der Waals surface area (Å²) in [5.41, 5.74) is 0.137. The van der Waals surface area contributed by atoms with Crippen molar-refractivity contribution < 1.29 is 19.0 Å². The van der Waals surface area contributed by atoms with Gasteiger partial charge in [0.2, 0.25) is 0 Å². The molecule has 2 N–H and O–H groups in total. The van der Waals surface area contributed by atoms with Gasteiger partial charge in [0.15, 0.2) is 5.78 Å². The van der Waals surface area contributed by atoms with Gasteiger partial charge in [0.25, 0.3) is 0 Å². The van der Waals surface area contributed by atoms with Crippen LogP contribution in [0.2, 0.25) is 0 Å². The van der Waals surface area contributed by atoms with Crippen molar-refractivity contribution in [1.29, 1.82) is 0 Å². The van der Waals surface area contributed by atoms with E-state index in [9.17, 15) is 14.3 Å². The third-order valence-electron chi connectivity index (χ3n) is 5.20. The van der Waals surface area contributed by atoms with E-state index in [1.54, 1.807) is 30.1 Å². The van der Waals surface area contributed by atoms with E-state index in [0.717, 1.165) is 0 Å². The maximum Gasteiger partial charge on any atom is 0.199 e. The molecule has 4 atom stereocenters. The quantitative estimate of drug-likeness (QED) is 0.558. The summed E-state index contributed by atoms with van der Waals surface area (Å²) in [6, 6.07) is 1.01. The van der Waals surface area contributed by atoms with Gasteiger partial charge in [-0.2, -0.15) is 0 Å². The van der Waals surface area contributed by atoms with Gasteiger partial charge in [-0.25, -0.2) is 14.4 Å². The van der Waals surface area contributed by atoms with Crippen LogP contribution in [0.25, 0.3) is 0 Å². The highest BCUT2D eigenvalue weighted by atomic mass is 19.1. The molecular formula is C22H26FN4O3. The highest BCUT2D eigenvalue weighted by Crippen LogP contribution is 2.31. The molecule has 0 aromatic carbocycles. The molecule has 8 heteroatoms. The number of nitrogens with one attached hydrogen (secondary N) is 1. The van der Waals surface area contributed by atoms with Crippen LogP contribution in [0.3, 0.4) is 0 Å². The number of nitrogens with zero attached hydrogens (tertiary/aromatic N) is 3. The first-order valence-electron chi connectivity index (χ1n) is 9.69. The first-order chi connectivity index (χ1) is 14.2. The number of ketones is 1. The maximum atomic E-state index is 14.3. The van der Waals surface area contributed by atoms with Crippen LogP contribution in [0.4, 0.5) is 10.2 Å². The predicted octanol–water partition coefficient (Wildman–Crippen LogP) is 2.27. The average molecular weight is 413 g/mol. The van der Waals surface area contributed by atoms with Crippen LogP contribution in [0, 0.1) is 24.7 Å². The van der Waals surface area contributed by atoms with E-state index < -0.39 is 29.8 Å². The van der Waals surface area contributed by atoms with Gasteiger partial charge in [-0.15, -0.1) is 0 Å². The summed E-state index contributed by atoms with van der Waals surface area (Å²) in [7, 11) is 1.60. The fourth-order valence-corrected chi connectivity index (χ4v) is 3.24. The molecule has 0 unspecified atom stereocenters. The lowest BCUT2D eigenvalue weighted by Crippen LogP contribution is -2.32. The Balaban J connectivity index is 1.75. The second-order valence-corrected chi connectivity index (χ2v) is 7.88. The number of aromatic nitrogens is 3. The van der Waals surface area contributed by atoms with Gasteiger partial charge in [-0.3, -0.25) is 4.79 Å². The van der Waals surface area contributed by atoms with Crippen molar-refractivity contribution in [1.82, 2.24) is 14.5 Å². The Labute approximate surface area is 175 Å². The van der Waals surface area contributed by atoms with E-state index in [2.05, 4.69) is 34.0 Å². The van der Waals surface area contributed by atoms with Crippen molar-refractivity contribution in [3.05, 3.63) is 49.0 Å². The van der Waals surface area contributed by atoms with Gasteiger partial charge in [0.05, 0.1) is 24.3 Å². The second kappa shape index (κ2) is 8.94. The monoisotopic (exact) mass is 413 g/mol. The standard InChI is InChI=1S/C22H26FN4O3/c1-14-10-17(18(23)19(14)28)26-21-16(11-24-13-25-21)20(29)15-6-9-27(12-15)8-5-7-22(2,3)30-4/h6,9,11-14,17-19,28H,1,8,10H2,2-4H3,(H,24,25,26)/t14-,17-,18-,19-/m1/s1. The number of hydrogen-bond acceptors (Lipinski definition) is 6. The normalized spacial score (nSPS) is 23.7. The summed E-state index contributed by atoms with van der Waals surface area (Å²) in [6.45, 7) is 7.91. The molecule has 0 saturated heterocycles. The molecule has 0 amide bonds. The fraction of sp³-hybridized carbons (Fsp3) is 0.455. The number of aliphatic hydroxyl groups is 1. The molecule has 2 aromatic rings. The lowest BCUT2D eigenvalue weighted by molar-refractivity contribution is 0.0740. The van der Waals surface area contributed by atoms with Crippen molar-refractivity contribution >= 4 is 11.6 Å². The van der Waals surface area contributed by atoms with Crippen molar-refractivity contribution in [3.8, 4) is 11.8 Å². The van der Waals surface area contributed by atoms with Gasteiger partial charge in [0.1, 0.15) is 23.9 Å². The van der Waals surface area contributed by atoms with E-state index in [1.807, 2.05) is 13.8 Å². The molecule has 30 heavy (non-hydrogen) atoms. The maximum absolute atomic E-state index is 14.3. The summed E-state index contributed by atoms with van der Waals surface area (Å²) < 4.78 is 21.4. The Morgan fingerprint density at radius 2 is 2.30 bits per heavy atom. The Kier molecular flexibility index (Phi) is 6.54. The van der Waals surface area contributed by atoms with Gasteiger partial charge in [-0.05, 0) is 39.2 Å². The molecule has 1 fully saturated rings. The predicted molar refractivity (Wildman–Crippen MR) is 111 cm³/mol. The van der Waals surface area contributed by atoms with Crippen molar-refractivity contribution in [2.45, 2.75) is 50.7 Å². The van der Waals surface area contributed by atoms with Gasteiger partial charge < -0.3 is 19.7 Å². The second-order valence-electron chi connectivity index (χ2n) is 7.88. The third-order valence-corrected chi connectivity index (χ3v) is 5.20. The lowest BCUT2D eigenvalue weighted by atomic mass is 10.1.